The van der Waals surface area contributed by atoms with Crippen LogP contribution >= 0.6 is 0 Å². The summed E-state index contributed by atoms with van der Waals surface area (Å²) >= 11 is 0. The predicted molar refractivity (Wildman–Crippen MR) is 53.4 cm³/mol. The first-order valence-electron chi connectivity index (χ1n) is 4.53. The highest BCUT2D eigenvalue weighted by Crippen LogP contribution is 2.30. The monoisotopic (exact) mass is 224 g/mol. The van der Waals surface area contributed by atoms with Gasteiger partial charge in [-0.25, -0.2) is 8.78 Å². The van der Waals surface area contributed by atoms with Crippen LogP contribution in [0.5, 0.6) is 5.75 Å². The summed E-state index contributed by atoms with van der Waals surface area (Å²) in [6.07, 6.45) is 0. The Bertz CT molecular complexity index is 538. The molecule has 0 aliphatic rings. The first kappa shape index (κ1) is 10.5. The molecule has 2 aromatic carbocycles. The highest BCUT2D eigenvalue weighted by Gasteiger charge is 2.16. The fraction of sp³-hybridized carbons (Fsp3) is 0. The van der Waals surface area contributed by atoms with Crippen molar-refractivity contribution in [1.29, 1.82) is 0 Å². The van der Waals surface area contributed by atoms with Crippen molar-refractivity contribution in [3.8, 4) is 16.9 Å². The second-order valence-electron chi connectivity index (χ2n) is 3.24. The molecule has 0 aliphatic heterocycles. The van der Waals surface area contributed by atoms with Gasteiger partial charge < -0.3 is 5.11 Å². The molecule has 0 saturated carbocycles. The molecule has 0 fully saturated rings. The summed E-state index contributed by atoms with van der Waals surface area (Å²) in [6.45, 7) is 0. The highest BCUT2D eigenvalue weighted by molar-refractivity contribution is 5.65. The Balaban J connectivity index is 2.66. The molecule has 0 unspecified atom stereocenters. The molecule has 2 rings (SSSR count). The van der Waals surface area contributed by atoms with Gasteiger partial charge in [0.05, 0.1) is 0 Å². The number of benzene rings is 2. The van der Waals surface area contributed by atoms with Crippen LogP contribution in [-0.2, 0) is 0 Å². The molecule has 2 aromatic rings. The summed E-state index contributed by atoms with van der Waals surface area (Å²) in [5.74, 6) is -4.07. The molecule has 0 aliphatic carbocycles. The highest BCUT2D eigenvalue weighted by atomic mass is 19.2. The van der Waals surface area contributed by atoms with Crippen LogP contribution in [0.4, 0.5) is 13.2 Å². The average Bonchev–Trinajstić information content (AvgIpc) is 2.28. The Morgan fingerprint density at radius 3 is 2.12 bits per heavy atom. The first-order valence-corrected chi connectivity index (χ1v) is 4.53. The number of hydrogen-bond donors (Lipinski definition) is 1. The van der Waals surface area contributed by atoms with Gasteiger partial charge in [0.2, 0.25) is 5.82 Å². The fourth-order valence-electron chi connectivity index (χ4n) is 1.43. The Kier molecular flexibility index (Phi) is 2.56. The van der Waals surface area contributed by atoms with Crippen molar-refractivity contribution in [3.05, 3.63) is 53.8 Å². The molecule has 4 heteroatoms. The fourth-order valence-corrected chi connectivity index (χ4v) is 1.43. The van der Waals surface area contributed by atoms with Gasteiger partial charge in [0.15, 0.2) is 11.6 Å². The van der Waals surface area contributed by atoms with Crippen molar-refractivity contribution in [2.24, 2.45) is 0 Å². The number of halogens is 3. The van der Waals surface area contributed by atoms with Gasteiger partial charge in [0.1, 0.15) is 5.82 Å². The Hall–Kier alpha value is -1.97. The summed E-state index contributed by atoms with van der Waals surface area (Å²) in [5.41, 5.74) is -0.257. The molecule has 1 N–H and O–H groups in total. The van der Waals surface area contributed by atoms with Crippen molar-refractivity contribution in [2.75, 3.05) is 0 Å². The van der Waals surface area contributed by atoms with Gasteiger partial charge >= 0.3 is 0 Å². The van der Waals surface area contributed by atoms with E-state index in [1.54, 1.807) is 0 Å². The molecular weight excluding hydrogens is 217 g/mol. The molecule has 16 heavy (non-hydrogen) atoms. The molecule has 0 radical (unpaired) electrons. The summed E-state index contributed by atoms with van der Waals surface area (Å²) in [7, 11) is 0. The Morgan fingerprint density at radius 1 is 0.750 bits per heavy atom. The lowest BCUT2D eigenvalue weighted by Crippen LogP contribution is -1.92. The van der Waals surface area contributed by atoms with Crippen molar-refractivity contribution in [2.45, 2.75) is 0 Å². The minimum atomic E-state index is -1.37. The van der Waals surface area contributed by atoms with E-state index in [0.29, 0.717) is 0 Å². The maximum Gasteiger partial charge on any atom is 0.200 e. The van der Waals surface area contributed by atoms with Crippen LogP contribution in [0.25, 0.3) is 11.1 Å². The van der Waals surface area contributed by atoms with Gasteiger partial charge in [-0.05, 0) is 18.2 Å². The lowest BCUT2D eigenvalue weighted by Gasteiger charge is -2.06. The largest absolute Gasteiger partial charge is 0.505 e. The smallest absolute Gasteiger partial charge is 0.200 e. The van der Waals surface area contributed by atoms with Crippen molar-refractivity contribution < 1.29 is 18.3 Å². The third-order valence-electron chi connectivity index (χ3n) is 2.23. The van der Waals surface area contributed by atoms with Gasteiger partial charge in [0.25, 0.3) is 0 Å². The van der Waals surface area contributed by atoms with E-state index in [-0.39, 0.29) is 11.1 Å². The molecule has 0 atom stereocenters. The van der Waals surface area contributed by atoms with E-state index < -0.39 is 23.2 Å². The molecule has 82 valence electrons. The van der Waals surface area contributed by atoms with Crippen LogP contribution in [0.1, 0.15) is 0 Å². The zero-order valence-corrected chi connectivity index (χ0v) is 8.05. The summed E-state index contributed by atoms with van der Waals surface area (Å²) in [6, 6.07) is 7.58. The molecule has 0 heterocycles. The molecule has 0 amide bonds. The van der Waals surface area contributed by atoms with E-state index >= 15 is 0 Å². The maximum atomic E-state index is 13.4. The van der Waals surface area contributed by atoms with Gasteiger partial charge in [-0.2, -0.15) is 4.39 Å². The van der Waals surface area contributed by atoms with Crippen LogP contribution in [0.2, 0.25) is 0 Å². The molecule has 0 bridgehead atoms. The minimum absolute atomic E-state index is 0.0427. The van der Waals surface area contributed by atoms with Crippen LogP contribution < -0.4 is 0 Å². The molecule has 0 aromatic heterocycles. The quantitative estimate of drug-likeness (QED) is 0.786. The molecule has 1 nitrogen and oxygen atoms in total. The number of phenolic OH excluding ortho intramolecular Hbond substituents is 1. The Morgan fingerprint density at radius 2 is 1.44 bits per heavy atom. The van der Waals surface area contributed by atoms with E-state index in [1.165, 1.54) is 18.2 Å². The Labute approximate surface area is 89.8 Å². The van der Waals surface area contributed by atoms with Crippen molar-refractivity contribution in [1.82, 2.24) is 0 Å². The zero-order chi connectivity index (χ0) is 11.7. The molecule has 0 saturated heterocycles. The topological polar surface area (TPSA) is 20.2 Å². The van der Waals surface area contributed by atoms with Gasteiger partial charge in [-0.15, -0.1) is 0 Å². The first-order chi connectivity index (χ1) is 7.61. The lowest BCUT2D eigenvalue weighted by atomic mass is 10.0. The SMILES string of the molecule is Oc1ccc(-c2ccccc2F)c(F)c1F. The number of rotatable bonds is 1. The molecule has 0 spiro atoms. The van der Waals surface area contributed by atoms with Crippen molar-refractivity contribution in [3.63, 3.8) is 0 Å². The summed E-state index contributed by atoms with van der Waals surface area (Å²) in [5, 5.41) is 8.93. The predicted octanol–water partition coefficient (Wildman–Crippen LogP) is 3.48. The van der Waals surface area contributed by atoms with Crippen molar-refractivity contribution >= 4 is 0 Å². The standard InChI is InChI=1S/C12H7F3O/c13-9-4-2-1-3-7(9)8-5-6-10(16)12(15)11(8)14/h1-6,16H. The maximum absolute atomic E-state index is 13.4. The second kappa shape index (κ2) is 3.89. The van der Waals surface area contributed by atoms with Crippen LogP contribution in [0.15, 0.2) is 36.4 Å². The van der Waals surface area contributed by atoms with E-state index in [2.05, 4.69) is 0 Å². The van der Waals surface area contributed by atoms with Gasteiger partial charge in [-0.3, -0.25) is 0 Å². The van der Waals surface area contributed by atoms with E-state index in [9.17, 15) is 13.2 Å². The molecular formula is C12H7F3O. The van der Waals surface area contributed by atoms with E-state index in [0.717, 1.165) is 18.2 Å². The summed E-state index contributed by atoms with van der Waals surface area (Å²) in [4.78, 5) is 0. The van der Waals surface area contributed by atoms with E-state index in [1.807, 2.05) is 0 Å². The number of hydrogen-bond acceptors (Lipinski definition) is 1. The summed E-state index contributed by atoms with van der Waals surface area (Å²) < 4.78 is 39.8. The van der Waals surface area contributed by atoms with Crippen LogP contribution in [-0.4, -0.2) is 5.11 Å². The minimum Gasteiger partial charge on any atom is -0.505 e. The van der Waals surface area contributed by atoms with Gasteiger partial charge in [0, 0.05) is 11.1 Å². The van der Waals surface area contributed by atoms with Gasteiger partial charge in [-0.1, -0.05) is 18.2 Å². The lowest BCUT2D eigenvalue weighted by molar-refractivity contribution is 0.408. The van der Waals surface area contributed by atoms with Crippen LogP contribution in [0.3, 0.4) is 0 Å². The van der Waals surface area contributed by atoms with E-state index in [4.69, 9.17) is 5.11 Å². The van der Waals surface area contributed by atoms with Crippen LogP contribution in [0, 0.1) is 17.5 Å². The third-order valence-corrected chi connectivity index (χ3v) is 2.23. The third kappa shape index (κ3) is 1.62. The zero-order valence-electron chi connectivity index (χ0n) is 8.05. The number of aromatic hydroxyl groups is 1. The average molecular weight is 224 g/mol. The normalized spacial score (nSPS) is 10.4. The number of phenols is 1. The second-order valence-corrected chi connectivity index (χ2v) is 3.24.